The van der Waals surface area contributed by atoms with Gasteiger partial charge in [-0.1, -0.05) is 36.4 Å². The third kappa shape index (κ3) is 5.84. The van der Waals surface area contributed by atoms with E-state index >= 15 is 0 Å². The Morgan fingerprint density at radius 2 is 1.68 bits per heavy atom. The summed E-state index contributed by atoms with van der Waals surface area (Å²) in [6, 6.07) is 14.5. The minimum atomic E-state index is -3.68. The monoisotopic (exact) mass is 486 g/mol. The molecular formula is C25H34N4O4S. The molecular weight excluding hydrogens is 452 g/mol. The maximum Gasteiger partial charge on any atom is 0.252 e. The number of rotatable bonds is 7. The van der Waals surface area contributed by atoms with Crippen LogP contribution >= 0.6 is 0 Å². The van der Waals surface area contributed by atoms with Gasteiger partial charge in [-0.15, -0.1) is 0 Å². The maximum atomic E-state index is 13.4. The van der Waals surface area contributed by atoms with E-state index in [1.54, 1.807) is 12.1 Å². The molecule has 8 nitrogen and oxygen atoms in total. The van der Waals surface area contributed by atoms with Crippen molar-refractivity contribution in [2.24, 2.45) is 0 Å². The fourth-order valence-corrected chi connectivity index (χ4v) is 5.82. The molecule has 1 amide bonds. The Hall–Kier alpha value is -2.30. The molecule has 1 N–H and O–H groups in total. The fourth-order valence-electron chi connectivity index (χ4n) is 4.39. The number of ether oxygens (including phenoxy) is 1. The van der Waals surface area contributed by atoms with Crippen LogP contribution in [0.3, 0.4) is 0 Å². The zero-order valence-corrected chi connectivity index (χ0v) is 20.8. The number of piperazine rings is 1. The second kappa shape index (κ2) is 11.0. The van der Waals surface area contributed by atoms with Crippen molar-refractivity contribution in [3.63, 3.8) is 0 Å². The number of hydrogen-bond donors (Lipinski definition) is 1. The van der Waals surface area contributed by atoms with Crippen LogP contribution in [-0.4, -0.2) is 94.5 Å². The highest BCUT2D eigenvalue weighted by molar-refractivity contribution is 7.89. The quantitative estimate of drug-likeness (QED) is 0.642. The Balaban J connectivity index is 1.55. The zero-order chi connectivity index (χ0) is 24.1. The lowest BCUT2D eigenvalue weighted by molar-refractivity contribution is 0.0730. The van der Waals surface area contributed by atoms with Crippen molar-refractivity contribution in [1.82, 2.24) is 19.4 Å². The molecule has 1 unspecified atom stereocenters. The summed E-state index contributed by atoms with van der Waals surface area (Å²) in [5.74, 6) is -0.264. The highest BCUT2D eigenvalue weighted by Crippen LogP contribution is 2.22. The first kappa shape index (κ1) is 24.8. The number of sulfonamides is 1. The van der Waals surface area contributed by atoms with E-state index in [9.17, 15) is 13.2 Å². The van der Waals surface area contributed by atoms with Crippen molar-refractivity contribution in [3.8, 4) is 0 Å². The van der Waals surface area contributed by atoms with Crippen molar-refractivity contribution in [3.05, 3.63) is 65.2 Å². The molecule has 0 aromatic heterocycles. The van der Waals surface area contributed by atoms with Gasteiger partial charge < -0.3 is 15.0 Å². The van der Waals surface area contributed by atoms with Crippen LogP contribution in [0.5, 0.6) is 0 Å². The number of benzene rings is 2. The summed E-state index contributed by atoms with van der Waals surface area (Å²) in [5.41, 5.74) is 2.16. The first-order valence-corrected chi connectivity index (χ1v) is 13.2. The number of hydrogen-bond acceptors (Lipinski definition) is 6. The maximum absolute atomic E-state index is 13.4. The molecule has 2 aromatic carbocycles. The molecule has 2 aliphatic heterocycles. The summed E-state index contributed by atoms with van der Waals surface area (Å²) >= 11 is 0. The van der Waals surface area contributed by atoms with Gasteiger partial charge in [0, 0.05) is 51.4 Å². The smallest absolute Gasteiger partial charge is 0.252 e. The van der Waals surface area contributed by atoms with Gasteiger partial charge in [0.05, 0.1) is 24.2 Å². The predicted octanol–water partition coefficient (Wildman–Crippen LogP) is 1.73. The number of carbonyl (C=O) groups excluding carboxylic acids is 1. The van der Waals surface area contributed by atoms with Crippen molar-refractivity contribution in [2.45, 2.75) is 17.9 Å². The van der Waals surface area contributed by atoms with E-state index in [4.69, 9.17) is 4.74 Å². The Bertz CT molecular complexity index is 1080. The van der Waals surface area contributed by atoms with Crippen LogP contribution < -0.4 is 5.32 Å². The lowest BCUT2D eigenvalue weighted by Crippen LogP contribution is -2.47. The summed E-state index contributed by atoms with van der Waals surface area (Å²) in [5, 5.41) is 3.18. The molecule has 184 valence electrons. The van der Waals surface area contributed by atoms with Crippen molar-refractivity contribution >= 4 is 15.9 Å². The topological polar surface area (TPSA) is 82.2 Å². The standard InChI is InChI=1S/C25H34N4O4S/c1-20-8-9-22(34(31,32)29-14-16-33-17-15-29)18-23(20)25(30)26-24(21-6-4-3-5-7-21)19-28-12-10-27(2)11-13-28/h3-9,18,24H,10-17,19H2,1-2H3,(H,26,30). The van der Waals surface area contributed by atoms with Crippen molar-refractivity contribution < 1.29 is 17.9 Å². The van der Waals surface area contributed by atoms with E-state index in [2.05, 4.69) is 22.2 Å². The van der Waals surface area contributed by atoms with Gasteiger partial charge in [0.25, 0.3) is 5.91 Å². The van der Waals surface area contributed by atoms with Gasteiger partial charge in [-0.05, 0) is 37.2 Å². The van der Waals surface area contributed by atoms with Gasteiger partial charge >= 0.3 is 0 Å². The molecule has 0 bridgehead atoms. The molecule has 0 radical (unpaired) electrons. The van der Waals surface area contributed by atoms with Gasteiger partial charge in [0.2, 0.25) is 10.0 Å². The first-order chi connectivity index (χ1) is 16.3. The third-order valence-electron chi connectivity index (χ3n) is 6.61. The molecule has 2 aliphatic rings. The molecule has 2 fully saturated rings. The summed E-state index contributed by atoms with van der Waals surface area (Å²) in [4.78, 5) is 18.2. The van der Waals surface area contributed by atoms with Crippen LogP contribution in [0.15, 0.2) is 53.4 Å². The molecule has 2 saturated heterocycles. The van der Waals surface area contributed by atoms with E-state index in [1.165, 1.54) is 10.4 Å². The number of morpholine rings is 1. The van der Waals surface area contributed by atoms with E-state index < -0.39 is 10.0 Å². The number of likely N-dealkylation sites (N-methyl/N-ethyl adjacent to an activating group) is 1. The summed E-state index contributed by atoms with van der Waals surface area (Å²) in [6.45, 7) is 7.81. The molecule has 0 saturated carbocycles. The molecule has 2 heterocycles. The lowest BCUT2D eigenvalue weighted by atomic mass is 10.0. The van der Waals surface area contributed by atoms with Gasteiger partial charge in [0.1, 0.15) is 0 Å². The molecule has 0 aliphatic carbocycles. The third-order valence-corrected chi connectivity index (χ3v) is 8.50. The zero-order valence-electron chi connectivity index (χ0n) is 19.9. The Kier molecular flexibility index (Phi) is 8.00. The second-order valence-electron chi connectivity index (χ2n) is 9.03. The highest BCUT2D eigenvalue weighted by Gasteiger charge is 2.28. The van der Waals surface area contributed by atoms with E-state index in [0.29, 0.717) is 38.4 Å². The summed E-state index contributed by atoms with van der Waals surface area (Å²) < 4.78 is 33.0. The van der Waals surface area contributed by atoms with Crippen LogP contribution in [0.2, 0.25) is 0 Å². The van der Waals surface area contributed by atoms with E-state index in [0.717, 1.165) is 37.3 Å². The highest BCUT2D eigenvalue weighted by atomic mass is 32.2. The van der Waals surface area contributed by atoms with Gasteiger partial charge in [-0.25, -0.2) is 8.42 Å². The average molecular weight is 487 g/mol. The van der Waals surface area contributed by atoms with Crippen LogP contribution in [-0.2, 0) is 14.8 Å². The van der Waals surface area contributed by atoms with E-state index in [-0.39, 0.29) is 16.8 Å². The van der Waals surface area contributed by atoms with Gasteiger partial charge in [-0.3, -0.25) is 9.69 Å². The molecule has 2 aromatic rings. The lowest BCUT2D eigenvalue weighted by Gasteiger charge is -2.35. The Morgan fingerprint density at radius 1 is 1.00 bits per heavy atom. The minimum absolute atomic E-state index is 0.139. The van der Waals surface area contributed by atoms with Crippen molar-refractivity contribution in [2.75, 3.05) is 66.1 Å². The fraction of sp³-hybridized carbons (Fsp3) is 0.480. The number of amides is 1. The molecule has 9 heteroatoms. The molecule has 0 spiro atoms. The Morgan fingerprint density at radius 3 is 2.35 bits per heavy atom. The molecule has 1 atom stereocenters. The number of nitrogens with zero attached hydrogens (tertiary/aromatic N) is 3. The SMILES string of the molecule is Cc1ccc(S(=O)(=O)N2CCOCC2)cc1C(=O)NC(CN1CCN(C)CC1)c1ccccc1. The second-order valence-corrected chi connectivity index (χ2v) is 11.0. The minimum Gasteiger partial charge on any atom is -0.379 e. The molecule has 34 heavy (non-hydrogen) atoms. The summed E-state index contributed by atoms with van der Waals surface area (Å²) in [7, 11) is -1.56. The van der Waals surface area contributed by atoms with Crippen LogP contribution in [0, 0.1) is 6.92 Å². The van der Waals surface area contributed by atoms with Crippen molar-refractivity contribution in [1.29, 1.82) is 0 Å². The number of carbonyl (C=O) groups is 1. The van der Waals surface area contributed by atoms with Crippen LogP contribution in [0.1, 0.15) is 27.5 Å². The first-order valence-electron chi connectivity index (χ1n) is 11.8. The van der Waals surface area contributed by atoms with Gasteiger partial charge in [-0.2, -0.15) is 4.31 Å². The number of nitrogens with one attached hydrogen (secondary N) is 1. The van der Waals surface area contributed by atoms with Gasteiger partial charge in [0.15, 0.2) is 0 Å². The van der Waals surface area contributed by atoms with Crippen LogP contribution in [0.25, 0.3) is 0 Å². The Labute approximate surface area is 202 Å². The normalized spacial score (nSPS) is 19.6. The molecule has 4 rings (SSSR count). The largest absolute Gasteiger partial charge is 0.379 e. The average Bonchev–Trinajstić information content (AvgIpc) is 2.86. The van der Waals surface area contributed by atoms with E-state index in [1.807, 2.05) is 37.3 Å². The predicted molar refractivity (Wildman–Crippen MR) is 131 cm³/mol. The summed E-state index contributed by atoms with van der Waals surface area (Å²) in [6.07, 6.45) is 0. The number of aryl methyl sites for hydroxylation is 1. The van der Waals surface area contributed by atoms with Crippen LogP contribution in [0.4, 0.5) is 0 Å².